The predicted molar refractivity (Wildman–Crippen MR) is 62.8 cm³/mol. The largest absolute Gasteiger partial charge is 0.370 e. The molecule has 1 rings (SSSR count). The van der Waals surface area contributed by atoms with Gasteiger partial charge in [0.05, 0.1) is 5.69 Å². The van der Waals surface area contributed by atoms with Gasteiger partial charge in [-0.2, -0.15) is 5.10 Å². The molecule has 0 spiro atoms. The third-order valence-corrected chi connectivity index (χ3v) is 2.74. The van der Waals surface area contributed by atoms with Gasteiger partial charge in [-0.3, -0.25) is 9.48 Å². The zero-order valence-electron chi connectivity index (χ0n) is 10.2. The lowest BCUT2D eigenvalue weighted by molar-refractivity contribution is -0.118. The van der Waals surface area contributed by atoms with Crippen LogP contribution < -0.4 is 11.1 Å². The van der Waals surface area contributed by atoms with Gasteiger partial charge in [0, 0.05) is 31.3 Å². The fraction of sp³-hybridized carbons (Fsp3) is 0.636. The summed E-state index contributed by atoms with van der Waals surface area (Å²) in [6.45, 7) is 5.66. The van der Waals surface area contributed by atoms with Gasteiger partial charge >= 0.3 is 0 Å². The first-order valence-electron chi connectivity index (χ1n) is 5.50. The molecule has 1 aromatic heterocycles. The summed E-state index contributed by atoms with van der Waals surface area (Å²) in [6, 6.07) is 0. The topological polar surface area (TPSA) is 72.9 Å². The maximum atomic E-state index is 10.5. The molecule has 0 saturated carbocycles. The van der Waals surface area contributed by atoms with Crippen molar-refractivity contribution < 1.29 is 4.79 Å². The lowest BCUT2D eigenvalue weighted by atomic mass is 10.2. The second-order valence-electron chi connectivity index (χ2n) is 4.02. The standard InChI is InChI=1S/C11H20N4O/c1-8-10(9(2)15(3)14-8)7-13-6-4-5-11(12)16/h13H,4-7H2,1-3H3,(H2,12,16). The van der Waals surface area contributed by atoms with E-state index in [4.69, 9.17) is 5.73 Å². The minimum Gasteiger partial charge on any atom is -0.370 e. The van der Waals surface area contributed by atoms with Crippen molar-refractivity contribution in [2.45, 2.75) is 33.2 Å². The first kappa shape index (κ1) is 12.7. The van der Waals surface area contributed by atoms with E-state index in [0.29, 0.717) is 6.42 Å². The molecule has 0 fully saturated rings. The van der Waals surface area contributed by atoms with Crippen molar-refractivity contribution in [2.24, 2.45) is 12.8 Å². The summed E-state index contributed by atoms with van der Waals surface area (Å²) in [5.41, 5.74) is 8.53. The molecule has 5 heteroatoms. The van der Waals surface area contributed by atoms with E-state index >= 15 is 0 Å². The Morgan fingerprint density at radius 2 is 2.19 bits per heavy atom. The number of carbonyl (C=O) groups excluding carboxylic acids is 1. The summed E-state index contributed by atoms with van der Waals surface area (Å²) in [6.07, 6.45) is 1.23. The first-order chi connectivity index (χ1) is 7.52. The van der Waals surface area contributed by atoms with Crippen molar-refractivity contribution in [1.82, 2.24) is 15.1 Å². The molecule has 0 saturated heterocycles. The number of aryl methyl sites for hydroxylation is 2. The molecule has 90 valence electrons. The molecule has 3 N–H and O–H groups in total. The Balaban J connectivity index is 2.34. The van der Waals surface area contributed by atoms with Crippen molar-refractivity contribution >= 4 is 5.91 Å². The van der Waals surface area contributed by atoms with Gasteiger partial charge in [-0.1, -0.05) is 0 Å². The Morgan fingerprint density at radius 3 is 2.69 bits per heavy atom. The third-order valence-electron chi connectivity index (χ3n) is 2.74. The number of primary amides is 1. The molecular formula is C11H20N4O. The summed E-state index contributed by atoms with van der Waals surface area (Å²) < 4.78 is 1.88. The van der Waals surface area contributed by atoms with E-state index < -0.39 is 0 Å². The highest BCUT2D eigenvalue weighted by molar-refractivity contribution is 5.73. The zero-order chi connectivity index (χ0) is 12.1. The molecule has 0 aromatic carbocycles. The van der Waals surface area contributed by atoms with Crippen LogP contribution in [0.25, 0.3) is 0 Å². The van der Waals surface area contributed by atoms with Crippen LogP contribution in [0.4, 0.5) is 0 Å². The Kier molecular flexibility index (Phi) is 4.49. The summed E-state index contributed by atoms with van der Waals surface area (Å²) in [5.74, 6) is -0.240. The predicted octanol–water partition coefficient (Wildman–Crippen LogP) is 0.392. The molecule has 0 aliphatic rings. The molecule has 0 aliphatic heterocycles. The summed E-state index contributed by atoms with van der Waals surface area (Å²) in [7, 11) is 1.94. The van der Waals surface area contributed by atoms with Gasteiger partial charge in [0.2, 0.25) is 5.91 Å². The average molecular weight is 224 g/mol. The lowest BCUT2D eigenvalue weighted by Crippen LogP contribution is -2.18. The summed E-state index contributed by atoms with van der Waals surface area (Å²) in [4.78, 5) is 10.5. The maximum Gasteiger partial charge on any atom is 0.217 e. The van der Waals surface area contributed by atoms with Crippen LogP contribution in [-0.4, -0.2) is 22.2 Å². The van der Waals surface area contributed by atoms with E-state index in [1.807, 2.05) is 18.7 Å². The van der Waals surface area contributed by atoms with Crippen LogP contribution in [0, 0.1) is 13.8 Å². The van der Waals surface area contributed by atoms with Gasteiger partial charge in [-0.25, -0.2) is 0 Å². The Labute approximate surface area is 96.0 Å². The number of nitrogens with one attached hydrogen (secondary N) is 1. The van der Waals surface area contributed by atoms with Crippen molar-refractivity contribution in [3.8, 4) is 0 Å². The SMILES string of the molecule is Cc1nn(C)c(C)c1CNCCCC(N)=O. The number of rotatable bonds is 6. The second kappa shape index (κ2) is 5.65. The van der Waals surface area contributed by atoms with Crippen LogP contribution in [0.5, 0.6) is 0 Å². The Morgan fingerprint density at radius 1 is 1.50 bits per heavy atom. The summed E-state index contributed by atoms with van der Waals surface area (Å²) in [5, 5.41) is 7.63. The molecular weight excluding hydrogens is 204 g/mol. The molecule has 0 radical (unpaired) electrons. The highest BCUT2D eigenvalue weighted by Gasteiger charge is 2.07. The average Bonchev–Trinajstić information content (AvgIpc) is 2.43. The highest BCUT2D eigenvalue weighted by atomic mass is 16.1. The van der Waals surface area contributed by atoms with E-state index in [-0.39, 0.29) is 5.91 Å². The lowest BCUT2D eigenvalue weighted by Gasteiger charge is -2.04. The fourth-order valence-electron chi connectivity index (χ4n) is 1.67. The second-order valence-corrected chi connectivity index (χ2v) is 4.02. The number of nitrogens with zero attached hydrogens (tertiary/aromatic N) is 2. The van der Waals surface area contributed by atoms with Crippen LogP contribution in [0.15, 0.2) is 0 Å². The van der Waals surface area contributed by atoms with Gasteiger partial charge in [-0.15, -0.1) is 0 Å². The molecule has 0 aliphatic carbocycles. The van der Waals surface area contributed by atoms with Gasteiger partial charge in [0.25, 0.3) is 0 Å². The van der Waals surface area contributed by atoms with E-state index in [1.165, 1.54) is 11.3 Å². The van der Waals surface area contributed by atoms with E-state index in [0.717, 1.165) is 25.2 Å². The van der Waals surface area contributed by atoms with Crippen LogP contribution in [0.3, 0.4) is 0 Å². The number of hydrogen-bond donors (Lipinski definition) is 2. The van der Waals surface area contributed by atoms with Crippen molar-refractivity contribution in [3.05, 3.63) is 17.0 Å². The van der Waals surface area contributed by atoms with Crippen LogP contribution in [-0.2, 0) is 18.4 Å². The molecule has 1 aromatic rings. The van der Waals surface area contributed by atoms with Crippen molar-refractivity contribution in [3.63, 3.8) is 0 Å². The first-order valence-corrected chi connectivity index (χ1v) is 5.50. The third kappa shape index (κ3) is 3.34. The van der Waals surface area contributed by atoms with Crippen LogP contribution >= 0.6 is 0 Å². The Hall–Kier alpha value is -1.36. The van der Waals surface area contributed by atoms with Gasteiger partial charge in [0.15, 0.2) is 0 Å². The molecule has 5 nitrogen and oxygen atoms in total. The molecule has 1 amide bonds. The quantitative estimate of drug-likeness (QED) is 0.687. The number of amides is 1. The molecule has 16 heavy (non-hydrogen) atoms. The van der Waals surface area contributed by atoms with Gasteiger partial charge < -0.3 is 11.1 Å². The Bertz CT molecular complexity index is 370. The minimum atomic E-state index is -0.240. The smallest absolute Gasteiger partial charge is 0.217 e. The summed E-state index contributed by atoms with van der Waals surface area (Å²) >= 11 is 0. The molecule has 0 unspecified atom stereocenters. The van der Waals surface area contributed by atoms with Crippen LogP contribution in [0.1, 0.15) is 29.8 Å². The van der Waals surface area contributed by atoms with Crippen molar-refractivity contribution in [2.75, 3.05) is 6.54 Å². The van der Waals surface area contributed by atoms with Gasteiger partial charge in [0.1, 0.15) is 0 Å². The van der Waals surface area contributed by atoms with Crippen molar-refractivity contribution in [1.29, 1.82) is 0 Å². The van der Waals surface area contributed by atoms with E-state index in [9.17, 15) is 4.79 Å². The molecule has 0 atom stereocenters. The van der Waals surface area contributed by atoms with E-state index in [1.54, 1.807) is 0 Å². The monoisotopic (exact) mass is 224 g/mol. The molecule has 0 bridgehead atoms. The van der Waals surface area contributed by atoms with E-state index in [2.05, 4.69) is 17.3 Å². The maximum absolute atomic E-state index is 10.5. The number of carbonyl (C=O) groups is 1. The van der Waals surface area contributed by atoms with Gasteiger partial charge in [-0.05, 0) is 26.8 Å². The normalized spacial score (nSPS) is 10.7. The number of nitrogens with two attached hydrogens (primary N) is 1. The fourth-order valence-corrected chi connectivity index (χ4v) is 1.67. The number of hydrogen-bond acceptors (Lipinski definition) is 3. The number of aromatic nitrogens is 2. The zero-order valence-corrected chi connectivity index (χ0v) is 10.2. The van der Waals surface area contributed by atoms with Crippen LogP contribution in [0.2, 0.25) is 0 Å². The minimum absolute atomic E-state index is 0.240. The highest BCUT2D eigenvalue weighted by Crippen LogP contribution is 2.10. The molecule has 1 heterocycles.